The van der Waals surface area contributed by atoms with Crippen molar-refractivity contribution in [2.45, 2.75) is 32.5 Å². The van der Waals surface area contributed by atoms with E-state index in [1.165, 1.54) is 12.8 Å². The summed E-state index contributed by atoms with van der Waals surface area (Å²) in [4.78, 5) is 0. The van der Waals surface area contributed by atoms with E-state index in [1.54, 1.807) is 0 Å². The van der Waals surface area contributed by atoms with Crippen LogP contribution in [-0.2, 0) is 9.47 Å². The lowest BCUT2D eigenvalue weighted by atomic mass is 9.90. The first-order chi connectivity index (χ1) is 7.16. The maximum absolute atomic E-state index is 5.86. The molecule has 1 aliphatic heterocycles. The first-order valence-electron chi connectivity index (χ1n) is 6.10. The fourth-order valence-electron chi connectivity index (χ4n) is 3.45. The van der Waals surface area contributed by atoms with Crippen molar-refractivity contribution in [3.63, 3.8) is 0 Å². The minimum atomic E-state index is -0.376. The van der Waals surface area contributed by atoms with Crippen LogP contribution in [0.3, 0.4) is 0 Å². The van der Waals surface area contributed by atoms with Gasteiger partial charge in [0.25, 0.3) is 0 Å². The molecule has 2 bridgehead atoms. The molecule has 1 saturated carbocycles. The second kappa shape index (κ2) is 3.33. The predicted molar refractivity (Wildman–Crippen MR) is 58.3 cm³/mol. The Morgan fingerprint density at radius 2 is 1.87 bits per heavy atom. The normalized spacial score (nSPS) is 47.3. The SMILES string of the molecule is CC1(C)OC[C@H]2C[C@@H](CO1)[C@H]1CC=C[C@@H]21. The summed E-state index contributed by atoms with van der Waals surface area (Å²) in [6.07, 6.45) is 7.32. The van der Waals surface area contributed by atoms with Gasteiger partial charge < -0.3 is 9.47 Å². The van der Waals surface area contributed by atoms with Gasteiger partial charge in [-0.15, -0.1) is 0 Å². The van der Waals surface area contributed by atoms with E-state index in [1.807, 2.05) is 13.8 Å². The Morgan fingerprint density at radius 1 is 1.13 bits per heavy atom. The van der Waals surface area contributed by atoms with E-state index < -0.39 is 0 Å². The largest absolute Gasteiger partial charge is 0.350 e. The standard InChI is InChI=1S/C13H20O2/c1-13(2)14-7-9-6-10(8-15-13)12-5-3-4-11(9)12/h3-4,9-12H,5-8H2,1-2H3/t9-,10+,11+,12-/m1/s1. The number of rotatable bonds is 0. The zero-order valence-electron chi connectivity index (χ0n) is 9.61. The van der Waals surface area contributed by atoms with Gasteiger partial charge in [0.15, 0.2) is 5.79 Å². The first-order valence-corrected chi connectivity index (χ1v) is 6.10. The molecule has 0 spiro atoms. The zero-order chi connectivity index (χ0) is 10.5. The van der Waals surface area contributed by atoms with E-state index in [4.69, 9.17) is 9.47 Å². The topological polar surface area (TPSA) is 18.5 Å². The fourth-order valence-corrected chi connectivity index (χ4v) is 3.45. The van der Waals surface area contributed by atoms with Crippen LogP contribution in [0.1, 0.15) is 26.7 Å². The van der Waals surface area contributed by atoms with Crippen molar-refractivity contribution in [2.24, 2.45) is 23.7 Å². The molecule has 1 heterocycles. The highest BCUT2D eigenvalue weighted by molar-refractivity contribution is 5.09. The summed E-state index contributed by atoms with van der Waals surface area (Å²) in [5, 5.41) is 0. The Hall–Kier alpha value is -0.340. The highest BCUT2D eigenvalue weighted by Gasteiger charge is 2.45. The quantitative estimate of drug-likeness (QED) is 0.570. The van der Waals surface area contributed by atoms with E-state index in [-0.39, 0.29) is 5.79 Å². The van der Waals surface area contributed by atoms with Crippen LogP contribution < -0.4 is 0 Å². The number of ether oxygens (including phenoxy) is 2. The van der Waals surface area contributed by atoms with Crippen LogP contribution in [0.15, 0.2) is 12.2 Å². The third kappa shape index (κ3) is 1.64. The van der Waals surface area contributed by atoms with Crippen LogP contribution in [0.25, 0.3) is 0 Å². The van der Waals surface area contributed by atoms with Crippen LogP contribution in [0.2, 0.25) is 0 Å². The van der Waals surface area contributed by atoms with Crippen LogP contribution >= 0.6 is 0 Å². The molecule has 2 nitrogen and oxygen atoms in total. The summed E-state index contributed by atoms with van der Waals surface area (Å²) < 4.78 is 11.7. The van der Waals surface area contributed by atoms with E-state index in [0.29, 0.717) is 0 Å². The average molecular weight is 208 g/mol. The van der Waals surface area contributed by atoms with Crippen molar-refractivity contribution in [1.82, 2.24) is 0 Å². The smallest absolute Gasteiger partial charge is 0.162 e. The molecule has 0 aromatic carbocycles. The van der Waals surface area contributed by atoms with Crippen LogP contribution in [0, 0.1) is 23.7 Å². The molecule has 3 rings (SSSR count). The predicted octanol–water partition coefficient (Wildman–Crippen LogP) is 2.60. The monoisotopic (exact) mass is 208 g/mol. The highest BCUT2D eigenvalue weighted by Crippen LogP contribution is 2.49. The Bertz CT molecular complexity index is 282. The number of fused-ring (bicyclic) bond motifs is 5. The van der Waals surface area contributed by atoms with Crippen molar-refractivity contribution >= 4 is 0 Å². The minimum absolute atomic E-state index is 0.376. The maximum Gasteiger partial charge on any atom is 0.162 e. The number of allylic oxidation sites excluding steroid dienone is 2. The van der Waals surface area contributed by atoms with Gasteiger partial charge in [0.05, 0.1) is 13.2 Å². The lowest BCUT2D eigenvalue weighted by Gasteiger charge is -2.31. The molecule has 2 fully saturated rings. The molecule has 0 aromatic rings. The van der Waals surface area contributed by atoms with Gasteiger partial charge in [-0.05, 0) is 50.4 Å². The average Bonchev–Trinajstić information content (AvgIpc) is 2.71. The van der Waals surface area contributed by atoms with E-state index in [2.05, 4.69) is 12.2 Å². The molecule has 2 heteroatoms. The van der Waals surface area contributed by atoms with Gasteiger partial charge in [0.1, 0.15) is 0 Å². The maximum atomic E-state index is 5.86. The molecular formula is C13H20O2. The summed E-state index contributed by atoms with van der Waals surface area (Å²) in [5.74, 6) is 2.74. The van der Waals surface area contributed by atoms with Gasteiger partial charge in [0.2, 0.25) is 0 Å². The Morgan fingerprint density at radius 3 is 2.67 bits per heavy atom. The van der Waals surface area contributed by atoms with Crippen molar-refractivity contribution < 1.29 is 9.47 Å². The van der Waals surface area contributed by atoms with E-state index in [9.17, 15) is 0 Å². The molecule has 0 radical (unpaired) electrons. The molecule has 15 heavy (non-hydrogen) atoms. The summed E-state index contributed by atoms with van der Waals surface area (Å²) in [5.41, 5.74) is 0. The van der Waals surface area contributed by atoms with Gasteiger partial charge >= 0.3 is 0 Å². The van der Waals surface area contributed by atoms with E-state index in [0.717, 1.165) is 36.9 Å². The van der Waals surface area contributed by atoms with Crippen LogP contribution in [-0.4, -0.2) is 19.0 Å². The second-order valence-electron chi connectivity index (χ2n) is 5.68. The molecule has 0 aromatic heterocycles. The number of hydrogen-bond donors (Lipinski definition) is 0. The molecule has 4 atom stereocenters. The van der Waals surface area contributed by atoms with Crippen LogP contribution in [0.5, 0.6) is 0 Å². The van der Waals surface area contributed by atoms with Gasteiger partial charge in [-0.2, -0.15) is 0 Å². The summed E-state index contributed by atoms with van der Waals surface area (Å²) in [7, 11) is 0. The fraction of sp³-hybridized carbons (Fsp3) is 0.846. The lowest BCUT2D eigenvalue weighted by molar-refractivity contribution is -0.231. The van der Waals surface area contributed by atoms with Gasteiger partial charge in [0, 0.05) is 0 Å². The molecule has 84 valence electrons. The molecule has 0 unspecified atom stereocenters. The minimum Gasteiger partial charge on any atom is -0.350 e. The lowest BCUT2D eigenvalue weighted by Crippen LogP contribution is -2.34. The van der Waals surface area contributed by atoms with Crippen molar-refractivity contribution in [3.8, 4) is 0 Å². The molecule has 1 saturated heterocycles. The van der Waals surface area contributed by atoms with Gasteiger partial charge in [-0.1, -0.05) is 12.2 Å². The first kappa shape index (κ1) is 9.86. The molecule has 0 amide bonds. The third-order valence-electron chi connectivity index (χ3n) is 4.31. The zero-order valence-corrected chi connectivity index (χ0v) is 9.61. The Kier molecular flexibility index (Phi) is 2.18. The molecular weight excluding hydrogens is 188 g/mol. The third-order valence-corrected chi connectivity index (χ3v) is 4.31. The Balaban J connectivity index is 1.80. The van der Waals surface area contributed by atoms with Gasteiger partial charge in [-0.25, -0.2) is 0 Å². The van der Waals surface area contributed by atoms with E-state index >= 15 is 0 Å². The van der Waals surface area contributed by atoms with Crippen molar-refractivity contribution in [1.29, 1.82) is 0 Å². The molecule has 3 aliphatic rings. The number of hydrogen-bond acceptors (Lipinski definition) is 2. The van der Waals surface area contributed by atoms with Crippen LogP contribution in [0.4, 0.5) is 0 Å². The summed E-state index contributed by atoms with van der Waals surface area (Å²) in [6.45, 7) is 5.81. The molecule has 2 aliphatic carbocycles. The van der Waals surface area contributed by atoms with Crippen molar-refractivity contribution in [2.75, 3.05) is 13.2 Å². The second-order valence-corrected chi connectivity index (χ2v) is 5.68. The highest BCUT2D eigenvalue weighted by atomic mass is 16.7. The van der Waals surface area contributed by atoms with Crippen molar-refractivity contribution in [3.05, 3.63) is 12.2 Å². The summed E-state index contributed by atoms with van der Waals surface area (Å²) >= 11 is 0. The van der Waals surface area contributed by atoms with Gasteiger partial charge in [-0.3, -0.25) is 0 Å². The summed E-state index contributed by atoms with van der Waals surface area (Å²) in [6, 6.07) is 0. The Labute approximate surface area is 91.6 Å². The molecule has 0 N–H and O–H groups in total.